The summed E-state index contributed by atoms with van der Waals surface area (Å²) < 4.78 is 79.6. The molecule has 1 aliphatic carbocycles. The highest BCUT2D eigenvalue weighted by molar-refractivity contribution is 5.33. The molecule has 2 heterocycles. The van der Waals surface area contributed by atoms with Crippen molar-refractivity contribution in [2.45, 2.75) is 62.6 Å². The number of rotatable bonds is 3. The Bertz CT molecular complexity index is 927. The lowest BCUT2D eigenvalue weighted by Gasteiger charge is -2.44. The van der Waals surface area contributed by atoms with Gasteiger partial charge in [-0.25, -0.2) is 0 Å². The summed E-state index contributed by atoms with van der Waals surface area (Å²) in [5, 5.41) is 7.02. The Hall–Kier alpha value is -2.14. The molecule has 1 saturated carbocycles. The van der Waals surface area contributed by atoms with E-state index in [1.54, 1.807) is 6.07 Å². The van der Waals surface area contributed by atoms with Gasteiger partial charge in [0.15, 0.2) is 0 Å². The number of hydrogen-bond donors (Lipinski definition) is 1. The second-order valence-electron chi connectivity index (χ2n) is 8.35. The van der Waals surface area contributed by atoms with Gasteiger partial charge in [0, 0.05) is 31.1 Å². The Morgan fingerprint density at radius 3 is 2.32 bits per heavy atom. The van der Waals surface area contributed by atoms with Crippen molar-refractivity contribution >= 4 is 0 Å². The van der Waals surface area contributed by atoms with Gasteiger partial charge in [-0.2, -0.15) is 26.3 Å². The van der Waals surface area contributed by atoms with Crippen molar-refractivity contribution in [3.63, 3.8) is 0 Å². The fourth-order valence-electron chi connectivity index (χ4n) is 4.85. The van der Waals surface area contributed by atoms with Gasteiger partial charge in [-0.3, -0.25) is 4.90 Å². The SMILES string of the molecule is NCC1(c2cccc(C(F)(F)F)c2)CCC(N2CCn3c(nnc3C(F)(F)F)C2)CC1. The minimum atomic E-state index is -4.54. The predicted octanol–water partition coefficient (Wildman–Crippen LogP) is 3.97. The van der Waals surface area contributed by atoms with Crippen LogP contribution in [0, 0.1) is 0 Å². The van der Waals surface area contributed by atoms with Crippen molar-refractivity contribution in [1.29, 1.82) is 0 Å². The molecule has 5 nitrogen and oxygen atoms in total. The highest BCUT2D eigenvalue weighted by Gasteiger charge is 2.42. The van der Waals surface area contributed by atoms with Crippen LogP contribution in [0.2, 0.25) is 0 Å². The van der Waals surface area contributed by atoms with E-state index in [1.165, 1.54) is 12.1 Å². The third-order valence-electron chi connectivity index (χ3n) is 6.66. The molecule has 0 bridgehead atoms. The van der Waals surface area contributed by atoms with Gasteiger partial charge in [-0.15, -0.1) is 10.2 Å². The predicted molar refractivity (Wildman–Crippen MR) is 99.9 cm³/mol. The van der Waals surface area contributed by atoms with Crippen molar-refractivity contribution in [2.75, 3.05) is 13.1 Å². The molecule has 0 unspecified atom stereocenters. The Morgan fingerprint density at radius 1 is 1.00 bits per heavy atom. The van der Waals surface area contributed by atoms with Crippen molar-refractivity contribution in [3.05, 3.63) is 47.0 Å². The maximum atomic E-state index is 13.1. The van der Waals surface area contributed by atoms with E-state index in [9.17, 15) is 26.3 Å². The van der Waals surface area contributed by atoms with Crippen molar-refractivity contribution < 1.29 is 26.3 Å². The van der Waals surface area contributed by atoms with Crippen molar-refractivity contribution in [3.8, 4) is 0 Å². The molecule has 2 N–H and O–H groups in total. The smallest absolute Gasteiger partial charge is 0.330 e. The molecule has 170 valence electrons. The molecule has 11 heteroatoms. The first-order valence-electron chi connectivity index (χ1n) is 10.1. The molecule has 0 radical (unpaired) electrons. The summed E-state index contributed by atoms with van der Waals surface area (Å²) in [6.45, 7) is 1.11. The van der Waals surface area contributed by atoms with E-state index >= 15 is 0 Å². The van der Waals surface area contributed by atoms with E-state index in [-0.39, 0.29) is 31.5 Å². The summed E-state index contributed by atoms with van der Waals surface area (Å²) in [4.78, 5) is 2.09. The average Bonchev–Trinajstić information content (AvgIpc) is 3.17. The number of benzene rings is 1. The molecule has 0 saturated heterocycles. The summed E-state index contributed by atoms with van der Waals surface area (Å²) in [6, 6.07) is 5.47. The maximum Gasteiger partial charge on any atom is 0.451 e. The Kier molecular flexibility index (Phi) is 5.53. The number of alkyl halides is 6. The van der Waals surface area contributed by atoms with Crippen LogP contribution in [0.5, 0.6) is 0 Å². The quantitative estimate of drug-likeness (QED) is 0.724. The van der Waals surface area contributed by atoms with Gasteiger partial charge >= 0.3 is 12.4 Å². The molecule has 31 heavy (non-hydrogen) atoms. The Balaban J connectivity index is 1.46. The molecule has 0 amide bonds. The molecule has 2 aliphatic rings. The molecular formula is C20H23F6N5. The third kappa shape index (κ3) is 4.17. The molecule has 1 aromatic heterocycles. The number of halogens is 6. The van der Waals surface area contributed by atoms with E-state index in [2.05, 4.69) is 15.1 Å². The molecule has 1 fully saturated rings. The molecule has 4 rings (SSSR count). The zero-order valence-corrected chi connectivity index (χ0v) is 16.7. The second-order valence-corrected chi connectivity index (χ2v) is 8.35. The summed E-state index contributed by atoms with van der Waals surface area (Å²) in [6.07, 6.45) is -6.31. The number of nitrogens with two attached hydrogens (primary N) is 1. The zero-order chi connectivity index (χ0) is 22.4. The first-order valence-corrected chi connectivity index (χ1v) is 10.1. The number of aromatic nitrogens is 3. The molecule has 0 spiro atoms. The monoisotopic (exact) mass is 447 g/mol. The van der Waals surface area contributed by atoms with E-state index in [4.69, 9.17) is 5.73 Å². The lowest BCUT2D eigenvalue weighted by Crippen LogP contribution is -2.48. The van der Waals surface area contributed by atoms with Crippen LogP contribution in [0.3, 0.4) is 0 Å². The normalized spacial score (nSPS) is 25.5. The van der Waals surface area contributed by atoms with Crippen LogP contribution in [-0.2, 0) is 30.9 Å². The second kappa shape index (κ2) is 7.77. The molecular weight excluding hydrogens is 424 g/mol. The zero-order valence-electron chi connectivity index (χ0n) is 16.7. The van der Waals surface area contributed by atoms with Crippen LogP contribution in [0.4, 0.5) is 26.3 Å². The highest BCUT2D eigenvalue weighted by Crippen LogP contribution is 2.42. The first kappa shape index (κ1) is 22.1. The van der Waals surface area contributed by atoms with Gasteiger partial charge in [0.2, 0.25) is 5.82 Å². The van der Waals surface area contributed by atoms with E-state index in [1.807, 2.05) is 0 Å². The molecule has 1 aliphatic heterocycles. The average molecular weight is 447 g/mol. The van der Waals surface area contributed by atoms with Gasteiger partial charge in [0.25, 0.3) is 0 Å². The fraction of sp³-hybridized carbons (Fsp3) is 0.600. The largest absolute Gasteiger partial charge is 0.451 e. The standard InChI is InChI=1S/C20H23F6N5/c21-19(22,23)14-3-1-2-13(10-14)18(12-27)6-4-15(5-7-18)30-8-9-31-16(11-30)28-29-17(31)20(24,25)26/h1-3,10,15H,4-9,11-12,27H2. The van der Waals surface area contributed by atoms with Crippen LogP contribution in [0.25, 0.3) is 0 Å². The number of hydrogen-bond acceptors (Lipinski definition) is 4. The Morgan fingerprint density at radius 2 is 1.71 bits per heavy atom. The number of fused-ring (bicyclic) bond motifs is 1. The minimum absolute atomic E-state index is 0.116. The lowest BCUT2D eigenvalue weighted by molar-refractivity contribution is -0.148. The van der Waals surface area contributed by atoms with Gasteiger partial charge in [0.05, 0.1) is 12.1 Å². The van der Waals surface area contributed by atoms with E-state index < -0.39 is 29.2 Å². The molecule has 0 atom stereocenters. The Labute approximate surface area is 175 Å². The van der Waals surface area contributed by atoms with Crippen molar-refractivity contribution in [2.24, 2.45) is 5.73 Å². The minimum Gasteiger partial charge on any atom is -0.330 e. The van der Waals surface area contributed by atoms with E-state index in [0.29, 0.717) is 37.8 Å². The summed E-state index contributed by atoms with van der Waals surface area (Å²) in [7, 11) is 0. The summed E-state index contributed by atoms with van der Waals surface area (Å²) in [5.41, 5.74) is 5.42. The highest BCUT2D eigenvalue weighted by atomic mass is 19.4. The van der Waals surface area contributed by atoms with Gasteiger partial charge in [0.1, 0.15) is 5.82 Å². The van der Waals surface area contributed by atoms with Gasteiger partial charge in [-0.05, 0) is 37.3 Å². The van der Waals surface area contributed by atoms with Crippen LogP contribution >= 0.6 is 0 Å². The van der Waals surface area contributed by atoms with Crippen molar-refractivity contribution in [1.82, 2.24) is 19.7 Å². The van der Waals surface area contributed by atoms with E-state index in [0.717, 1.165) is 10.6 Å². The van der Waals surface area contributed by atoms with Gasteiger partial charge in [-0.1, -0.05) is 18.2 Å². The van der Waals surface area contributed by atoms with Crippen LogP contribution in [0.15, 0.2) is 24.3 Å². The first-order chi connectivity index (χ1) is 14.5. The van der Waals surface area contributed by atoms with Crippen LogP contribution in [-0.4, -0.2) is 38.8 Å². The van der Waals surface area contributed by atoms with Gasteiger partial charge < -0.3 is 10.3 Å². The maximum absolute atomic E-state index is 13.1. The third-order valence-corrected chi connectivity index (χ3v) is 6.66. The lowest BCUT2D eigenvalue weighted by atomic mass is 9.67. The summed E-state index contributed by atoms with van der Waals surface area (Å²) in [5.74, 6) is -0.690. The van der Waals surface area contributed by atoms with Crippen LogP contribution in [0.1, 0.15) is 48.5 Å². The summed E-state index contributed by atoms with van der Waals surface area (Å²) >= 11 is 0. The topological polar surface area (TPSA) is 60.0 Å². The fourth-order valence-corrected chi connectivity index (χ4v) is 4.85. The molecule has 1 aromatic carbocycles. The molecule has 2 aromatic rings. The number of nitrogens with zero attached hydrogens (tertiary/aromatic N) is 4. The van der Waals surface area contributed by atoms with Crippen LogP contribution < -0.4 is 5.73 Å².